The predicted octanol–water partition coefficient (Wildman–Crippen LogP) is 6.10. The first-order chi connectivity index (χ1) is 14.2. The summed E-state index contributed by atoms with van der Waals surface area (Å²) in [5, 5.41) is 0. The smallest absolute Gasteiger partial charge is 0.164 e. The van der Waals surface area contributed by atoms with Crippen molar-refractivity contribution >= 4 is 18.2 Å². The first-order valence-electron chi connectivity index (χ1n) is 11.8. The second-order valence-corrected chi connectivity index (χ2v) is 8.13. The summed E-state index contributed by atoms with van der Waals surface area (Å²) in [7, 11) is 0. The summed E-state index contributed by atoms with van der Waals surface area (Å²) in [5.74, 6) is 1.17. The number of likely N-dealkylation sites (tertiary alicyclic amines) is 1. The topological polar surface area (TPSA) is 38.8 Å². The van der Waals surface area contributed by atoms with Crippen LogP contribution in [0, 0.1) is 0 Å². The first-order valence-corrected chi connectivity index (χ1v) is 11.8. The maximum atomic E-state index is 12.7. The highest BCUT2D eigenvalue weighted by atomic mass is 35.5. The van der Waals surface area contributed by atoms with Crippen LogP contribution in [0.1, 0.15) is 87.6 Å². The summed E-state index contributed by atoms with van der Waals surface area (Å²) < 4.78 is 11.6. The molecular weight excluding hydrogens is 398 g/mol. The molecule has 1 fully saturated rings. The van der Waals surface area contributed by atoms with Crippen molar-refractivity contribution in [2.45, 2.75) is 78.1 Å². The number of benzene rings is 1. The molecule has 0 radical (unpaired) electrons. The molecular formula is C25H42ClNO3. The molecule has 1 aliphatic rings. The average Bonchev–Trinajstić information content (AvgIpc) is 3.03. The Morgan fingerprint density at radius 1 is 0.967 bits per heavy atom. The van der Waals surface area contributed by atoms with Crippen molar-refractivity contribution in [1.29, 1.82) is 0 Å². The van der Waals surface area contributed by atoms with Gasteiger partial charge in [-0.3, -0.25) is 4.79 Å². The predicted molar refractivity (Wildman–Crippen MR) is 127 cm³/mol. The number of hydrogen-bond acceptors (Lipinski definition) is 4. The summed E-state index contributed by atoms with van der Waals surface area (Å²) in [4.78, 5) is 15.1. The van der Waals surface area contributed by atoms with Gasteiger partial charge in [0.2, 0.25) is 0 Å². The van der Waals surface area contributed by atoms with Crippen LogP contribution in [0.25, 0.3) is 0 Å². The molecule has 0 aromatic heterocycles. The van der Waals surface area contributed by atoms with Gasteiger partial charge in [0.1, 0.15) is 5.75 Å². The average molecular weight is 440 g/mol. The van der Waals surface area contributed by atoms with Crippen LogP contribution in [-0.4, -0.2) is 50.1 Å². The molecule has 2 rings (SSSR count). The van der Waals surface area contributed by atoms with Gasteiger partial charge in [-0.15, -0.1) is 12.4 Å². The Kier molecular flexibility index (Phi) is 14.9. The number of hydrogen-bond donors (Lipinski definition) is 0. The highest BCUT2D eigenvalue weighted by Crippen LogP contribution is 2.22. The van der Waals surface area contributed by atoms with Crippen molar-refractivity contribution < 1.29 is 14.3 Å². The number of unbranched alkanes of at least 4 members (excludes halogenated alkanes) is 2. The third-order valence-corrected chi connectivity index (χ3v) is 5.70. The lowest BCUT2D eigenvalue weighted by atomic mass is 10.0. The van der Waals surface area contributed by atoms with Gasteiger partial charge >= 0.3 is 0 Å². The number of nitrogens with zero attached hydrogens (tertiary/aromatic N) is 1. The quantitative estimate of drug-likeness (QED) is 0.259. The van der Waals surface area contributed by atoms with E-state index in [1.807, 2.05) is 18.2 Å². The highest BCUT2D eigenvalue weighted by molar-refractivity contribution is 5.96. The van der Waals surface area contributed by atoms with Gasteiger partial charge in [-0.1, -0.05) is 33.1 Å². The molecule has 0 saturated carbocycles. The minimum atomic E-state index is 0. The summed E-state index contributed by atoms with van der Waals surface area (Å²) in [6, 6.07) is 5.96. The number of ether oxygens (including phenoxy) is 2. The lowest BCUT2D eigenvalue weighted by Crippen LogP contribution is -2.27. The molecule has 1 aromatic carbocycles. The Morgan fingerprint density at radius 2 is 1.67 bits per heavy atom. The van der Waals surface area contributed by atoms with E-state index in [1.165, 1.54) is 32.1 Å². The van der Waals surface area contributed by atoms with E-state index in [0.29, 0.717) is 13.0 Å². The van der Waals surface area contributed by atoms with Crippen LogP contribution in [0.4, 0.5) is 0 Å². The molecule has 0 spiro atoms. The highest BCUT2D eigenvalue weighted by Gasteiger charge is 2.14. The number of Topliss-reactive ketones (excluding diaryl/α,β-unsaturated/α-hetero) is 1. The molecule has 4 nitrogen and oxygen atoms in total. The summed E-state index contributed by atoms with van der Waals surface area (Å²) in [6.45, 7) is 9.85. The normalized spacial score (nSPS) is 14.7. The van der Waals surface area contributed by atoms with E-state index < -0.39 is 0 Å². The monoisotopic (exact) mass is 439 g/mol. The fourth-order valence-electron chi connectivity index (χ4n) is 3.77. The Hall–Kier alpha value is -1.10. The number of ketones is 1. The summed E-state index contributed by atoms with van der Waals surface area (Å²) in [5.41, 5.74) is 1.96. The SMILES string of the molecule is CCCCOCCCCOc1ccc(C(=O)CCN2CCCCCC2)cc1CC.Cl. The number of carbonyl (C=O) groups is 1. The molecule has 5 heteroatoms. The molecule has 1 aromatic rings. The van der Waals surface area contributed by atoms with Crippen LogP contribution in [0.15, 0.2) is 18.2 Å². The van der Waals surface area contributed by atoms with E-state index in [2.05, 4.69) is 18.7 Å². The Bertz CT molecular complexity index is 586. The van der Waals surface area contributed by atoms with Crippen LogP contribution >= 0.6 is 12.4 Å². The largest absolute Gasteiger partial charge is 0.493 e. The van der Waals surface area contributed by atoms with Gasteiger partial charge in [0.15, 0.2) is 5.78 Å². The fraction of sp³-hybridized carbons (Fsp3) is 0.720. The van der Waals surface area contributed by atoms with Crippen molar-refractivity contribution in [1.82, 2.24) is 4.90 Å². The van der Waals surface area contributed by atoms with E-state index in [0.717, 1.165) is 75.4 Å². The van der Waals surface area contributed by atoms with Crippen LogP contribution in [-0.2, 0) is 11.2 Å². The van der Waals surface area contributed by atoms with Gasteiger partial charge in [-0.05, 0) is 75.4 Å². The van der Waals surface area contributed by atoms with Crippen molar-refractivity contribution in [3.63, 3.8) is 0 Å². The van der Waals surface area contributed by atoms with Crippen LogP contribution < -0.4 is 4.74 Å². The first kappa shape index (κ1) is 26.9. The molecule has 30 heavy (non-hydrogen) atoms. The number of carbonyl (C=O) groups excluding carboxylic acids is 1. The lowest BCUT2D eigenvalue weighted by Gasteiger charge is -2.19. The van der Waals surface area contributed by atoms with Gasteiger partial charge < -0.3 is 14.4 Å². The van der Waals surface area contributed by atoms with Crippen molar-refractivity contribution in [2.75, 3.05) is 39.5 Å². The third-order valence-electron chi connectivity index (χ3n) is 5.70. The van der Waals surface area contributed by atoms with Gasteiger partial charge in [0.05, 0.1) is 6.61 Å². The molecule has 0 bridgehead atoms. The third kappa shape index (κ3) is 10.3. The zero-order chi connectivity index (χ0) is 20.7. The van der Waals surface area contributed by atoms with E-state index >= 15 is 0 Å². The standard InChI is InChI=1S/C25H41NO3.ClH/c1-3-5-18-28-19-10-11-20-29-25-13-12-23(21-22(25)4-2)24(27)14-17-26-15-8-6-7-9-16-26;/h12-13,21H,3-11,14-20H2,1-2H3;1H. The number of halogens is 1. The van der Waals surface area contributed by atoms with Crippen molar-refractivity contribution in [3.8, 4) is 5.75 Å². The second kappa shape index (κ2) is 16.6. The van der Waals surface area contributed by atoms with Gasteiger partial charge in [-0.25, -0.2) is 0 Å². The van der Waals surface area contributed by atoms with Crippen LogP contribution in [0.2, 0.25) is 0 Å². The van der Waals surface area contributed by atoms with E-state index in [9.17, 15) is 4.79 Å². The van der Waals surface area contributed by atoms with Crippen LogP contribution in [0.3, 0.4) is 0 Å². The molecule has 1 heterocycles. The zero-order valence-electron chi connectivity index (χ0n) is 19.1. The summed E-state index contributed by atoms with van der Waals surface area (Å²) in [6.07, 6.45) is 11.0. The minimum absolute atomic E-state index is 0. The molecule has 1 saturated heterocycles. The molecule has 1 aliphatic heterocycles. The molecule has 172 valence electrons. The van der Waals surface area contributed by atoms with Crippen molar-refractivity contribution in [2.24, 2.45) is 0 Å². The Labute approximate surface area is 190 Å². The number of rotatable bonds is 14. The minimum Gasteiger partial charge on any atom is -0.493 e. The molecule has 0 amide bonds. The van der Waals surface area contributed by atoms with Gasteiger partial charge in [0.25, 0.3) is 0 Å². The molecule has 0 N–H and O–H groups in total. The molecule has 0 unspecified atom stereocenters. The van der Waals surface area contributed by atoms with Gasteiger partial charge in [-0.2, -0.15) is 0 Å². The second-order valence-electron chi connectivity index (χ2n) is 8.13. The van der Waals surface area contributed by atoms with E-state index in [-0.39, 0.29) is 18.2 Å². The zero-order valence-corrected chi connectivity index (χ0v) is 19.9. The Balaban J connectivity index is 0.00000450. The van der Waals surface area contributed by atoms with E-state index in [4.69, 9.17) is 9.47 Å². The lowest BCUT2D eigenvalue weighted by molar-refractivity contribution is 0.0964. The molecule has 0 aliphatic carbocycles. The van der Waals surface area contributed by atoms with E-state index in [1.54, 1.807) is 0 Å². The van der Waals surface area contributed by atoms with Gasteiger partial charge in [0, 0.05) is 31.7 Å². The van der Waals surface area contributed by atoms with Crippen molar-refractivity contribution in [3.05, 3.63) is 29.3 Å². The summed E-state index contributed by atoms with van der Waals surface area (Å²) >= 11 is 0. The number of aryl methyl sites for hydroxylation is 1. The maximum Gasteiger partial charge on any atom is 0.164 e. The molecule has 0 atom stereocenters. The Morgan fingerprint density at radius 3 is 2.37 bits per heavy atom. The fourth-order valence-corrected chi connectivity index (χ4v) is 3.77. The maximum absolute atomic E-state index is 12.7. The van der Waals surface area contributed by atoms with Crippen LogP contribution in [0.5, 0.6) is 5.75 Å².